The molecule has 7 nitrogen and oxygen atoms in total. The Labute approximate surface area is 182 Å². The number of aromatic nitrogens is 2. The normalized spacial score (nSPS) is 11.9. The van der Waals surface area contributed by atoms with Crippen molar-refractivity contribution in [2.45, 2.75) is 24.2 Å². The number of ether oxygens (including phenoxy) is 1. The van der Waals surface area contributed by atoms with Crippen LogP contribution in [0.15, 0.2) is 47.4 Å². The molecule has 30 heavy (non-hydrogen) atoms. The van der Waals surface area contributed by atoms with Crippen molar-refractivity contribution in [2.24, 2.45) is 0 Å². The quantitative estimate of drug-likeness (QED) is 0.429. The molecule has 0 unspecified atom stereocenters. The molecular formula is C20H18ClN3O4S2. The van der Waals surface area contributed by atoms with Crippen molar-refractivity contribution in [3.8, 4) is 0 Å². The number of rotatable bonds is 6. The van der Waals surface area contributed by atoms with Gasteiger partial charge in [0.15, 0.2) is 5.13 Å². The van der Waals surface area contributed by atoms with Crippen LogP contribution in [0.4, 0.5) is 5.13 Å². The van der Waals surface area contributed by atoms with E-state index in [1.165, 1.54) is 28.5 Å². The monoisotopic (exact) mass is 463 g/mol. The Hall–Kier alpha value is -2.62. The van der Waals surface area contributed by atoms with Crippen LogP contribution in [0.25, 0.3) is 21.1 Å². The summed E-state index contributed by atoms with van der Waals surface area (Å²) in [5.41, 5.74) is 7.50. The first kappa shape index (κ1) is 20.6. The van der Waals surface area contributed by atoms with Gasteiger partial charge in [0.05, 0.1) is 27.7 Å². The van der Waals surface area contributed by atoms with Gasteiger partial charge in [0.1, 0.15) is 0 Å². The summed E-state index contributed by atoms with van der Waals surface area (Å²) < 4.78 is 33.9. The SMILES string of the molecule is COC(=O)CCCc1cc2cc(Cl)ccc2n1S(=O)(=O)c1ccc2nc(N)sc2c1. The Morgan fingerprint density at radius 2 is 2.03 bits per heavy atom. The first-order chi connectivity index (χ1) is 14.3. The number of esters is 1. The van der Waals surface area contributed by atoms with E-state index in [1.807, 2.05) is 0 Å². The summed E-state index contributed by atoms with van der Waals surface area (Å²) in [6.07, 6.45) is 1.04. The number of nitrogen functional groups attached to an aromatic ring is 1. The van der Waals surface area contributed by atoms with Gasteiger partial charge in [0.25, 0.3) is 10.0 Å². The minimum Gasteiger partial charge on any atom is -0.469 e. The zero-order valence-electron chi connectivity index (χ0n) is 16.0. The third kappa shape index (κ3) is 3.76. The molecule has 0 radical (unpaired) electrons. The standard InChI is InChI=1S/C20H18ClN3O4S2/c1-28-19(25)4-2-3-14-10-12-9-13(21)5-8-17(12)24(14)30(26,27)15-6-7-16-18(11-15)29-20(22)23-16/h5-11H,2-4H2,1H3,(H2,22,23). The summed E-state index contributed by atoms with van der Waals surface area (Å²) in [4.78, 5) is 15.8. The molecule has 156 valence electrons. The van der Waals surface area contributed by atoms with E-state index >= 15 is 0 Å². The molecule has 0 fully saturated rings. The number of carbonyl (C=O) groups is 1. The summed E-state index contributed by atoms with van der Waals surface area (Å²) >= 11 is 7.34. The number of benzene rings is 2. The fourth-order valence-electron chi connectivity index (χ4n) is 3.38. The number of carbonyl (C=O) groups excluding carboxylic acids is 1. The van der Waals surface area contributed by atoms with E-state index in [2.05, 4.69) is 9.72 Å². The zero-order valence-corrected chi connectivity index (χ0v) is 18.4. The number of hydrogen-bond donors (Lipinski definition) is 1. The van der Waals surface area contributed by atoms with Crippen LogP contribution in [0.1, 0.15) is 18.5 Å². The van der Waals surface area contributed by atoms with E-state index < -0.39 is 10.0 Å². The molecule has 2 aromatic carbocycles. The number of thiazole rings is 1. The number of aryl methyl sites for hydroxylation is 1. The van der Waals surface area contributed by atoms with Crippen LogP contribution in [0.5, 0.6) is 0 Å². The predicted octanol–water partition coefficient (Wildman–Crippen LogP) is 4.22. The van der Waals surface area contributed by atoms with Crippen molar-refractivity contribution in [3.63, 3.8) is 0 Å². The van der Waals surface area contributed by atoms with Gasteiger partial charge in [-0.05, 0) is 55.3 Å². The molecule has 0 saturated heterocycles. The Balaban J connectivity index is 1.83. The molecule has 0 spiro atoms. The third-order valence-corrected chi connectivity index (χ3v) is 7.59. The van der Waals surface area contributed by atoms with E-state index in [0.717, 1.165) is 0 Å². The van der Waals surface area contributed by atoms with Gasteiger partial charge in [-0.1, -0.05) is 22.9 Å². The van der Waals surface area contributed by atoms with E-state index in [9.17, 15) is 13.2 Å². The highest BCUT2D eigenvalue weighted by atomic mass is 35.5. The van der Waals surface area contributed by atoms with E-state index in [1.54, 1.807) is 36.4 Å². The van der Waals surface area contributed by atoms with Gasteiger partial charge in [-0.3, -0.25) is 4.79 Å². The van der Waals surface area contributed by atoms with Crippen LogP contribution in [0, 0.1) is 0 Å². The maximum atomic E-state index is 13.6. The van der Waals surface area contributed by atoms with Gasteiger partial charge in [0.2, 0.25) is 0 Å². The number of halogens is 1. The molecule has 0 atom stereocenters. The second kappa shape index (κ2) is 7.90. The minimum atomic E-state index is -3.91. The smallest absolute Gasteiger partial charge is 0.305 e. The van der Waals surface area contributed by atoms with Gasteiger partial charge < -0.3 is 10.5 Å². The number of hydrogen-bond acceptors (Lipinski definition) is 7. The van der Waals surface area contributed by atoms with Crippen LogP contribution in [0.2, 0.25) is 5.02 Å². The Morgan fingerprint density at radius 3 is 2.80 bits per heavy atom. The largest absolute Gasteiger partial charge is 0.469 e. The second-order valence-electron chi connectivity index (χ2n) is 6.72. The summed E-state index contributed by atoms with van der Waals surface area (Å²) in [7, 11) is -2.58. The van der Waals surface area contributed by atoms with Crippen LogP contribution in [-0.4, -0.2) is 30.5 Å². The first-order valence-electron chi connectivity index (χ1n) is 9.08. The van der Waals surface area contributed by atoms with Crippen molar-refractivity contribution in [3.05, 3.63) is 53.2 Å². The van der Waals surface area contributed by atoms with Crippen molar-refractivity contribution in [1.29, 1.82) is 0 Å². The van der Waals surface area contributed by atoms with Crippen molar-refractivity contribution in [1.82, 2.24) is 8.96 Å². The molecule has 0 aliphatic rings. The molecule has 4 rings (SSSR count). The Morgan fingerprint density at radius 1 is 1.23 bits per heavy atom. The van der Waals surface area contributed by atoms with Crippen LogP contribution in [0.3, 0.4) is 0 Å². The zero-order chi connectivity index (χ0) is 21.5. The van der Waals surface area contributed by atoms with Gasteiger partial charge in [0, 0.05) is 22.5 Å². The lowest BCUT2D eigenvalue weighted by molar-refractivity contribution is -0.140. The number of nitrogens with two attached hydrogens (primary N) is 1. The number of methoxy groups -OCH3 is 1. The van der Waals surface area contributed by atoms with Gasteiger partial charge in [-0.2, -0.15) is 0 Å². The lowest BCUT2D eigenvalue weighted by atomic mass is 10.2. The maximum Gasteiger partial charge on any atom is 0.305 e. The highest BCUT2D eigenvalue weighted by molar-refractivity contribution is 7.90. The van der Waals surface area contributed by atoms with Gasteiger partial charge in [-0.15, -0.1) is 0 Å². The number of nitrogens with zero attached hydrogens (tertiary/aromatic N) is 2. The molecule has 0 saturated carbocycles. The summed E-state index contributed by atoms with van der Waals surface area (Å²) in [5, 5.41) is 1.60. The molecule has 2 N–H and O–H groups in total. The highest BCUT2D eigenvalue weighted by Gasteiger charge is 2.24. The summed E-state index contributed by atoms with van der Waals surface area (Å²) in [6, 6.07) is 11.6. The maximum absolute atomic E-state index is 13.6. The molecular weight excluding hydrogens is 446 g/mol. The fourth-order valence-corrected chi connectivity index (χ4v) is 6.01. The van der Waals surface area contributed by atoms with Crippen molar-refractivity contribution in [2.75, 3.05) is 12.8 Å². The molecule has 4 aromatic rings. The molecule has 0 aliphatic carbocycles. The van der Waals surface area contributed by atoms with Crippen LogP contribution in [-0.2, 0) is 26.0 Å². The highest BCUT2D eigenvalue weighted by Crippen LogP contribution is 2.31. The Bertz CT molecular complexity index is 1380. The summed E-state index contributed by atoms with van der Waals surface area (Å²) in [6.45, 7) is 0. The Kier molecular flexibility index (Phi) is 5.44. The fraction of sp³-hybridized carbons (Fsp3) is 0.200. The number of fused-ring (bicyclic) bond motifs is 2. The lowest BCUT2D eigenvalue weighted by Gasteiger charge is -2.12. The van der Waals surface area contributed by atoms with E-state index in [0.29, 0.717) is 49.8 Å². The minimum absolute atomic E-state index is 0.139. The average molecular weight is 464 g/mol. The molecule has 0 aliphatic heterocycles. The van der Waals surface area contributed by atoms with Gasteiger partial charge in [-0.25, -0.2) is 17.4 Å². The predicted molar refractivity (Wildman–Crippen MR) is 119 cm³/mol. The second-order valence-corrected chi connectivity index (χ2v) is 10.0. The van der Waals surface area contributed by atoms with Crippen LogP contribution < -0.4 is 5.73 Å². The molecule has 2 heterocycles. The van der Waals surface area contributed by atoms with Crippen LogP contribution >= 0.6 is 22.9 Å². The first-order valence-corrected chi connectivity index (χ1v) is 11.7. The van der Waals surface area contributed by atoms with E-state index in [4.69, 9.17) is 17.3 Å². The molecule has 10 heteroatoms. The molecule has 0 bridgehead atoms. The van der Waals surface area contributed by atoms with Crippen molar-refractivity contribution >= 4 is 65.2 Å². The number of anilines is 1. The topological polar surface area (TPSA) is 104 Å². The van der Waals surface area contributed by atoms with Crippen molar-refractivity contribution < 1.29 is 17.9 Å². The average Bonchev–Trinajstić information content (AvgIpc) is 3.25. The molecule has 0 amide bonds. The lowest BCUT2D eigenvalue weighted by Crippen LogP contribution is -2.16. The third-order valence-electron chi connectivity index (χ3n) is 4.75. The summed E-state index contributed by atoms with van der Waals surface area (Å²) in [5.74, 6) is -0.336. The van der Waals surface area contributed by atoms with E-state index in [-0.39, 0.29) is 17.3 Å². The molecule has 2 aromatic heterocycles. The van der Waals surface area contributed by atoms with Gasteiger partial charge >= 0.3 is 5.97 Å².